The van der Waals surface area contributed by atoms with Gasteiger partial charge in [-0.1, -0.05) is 26.0 Å². The minimum atomic E-state index is -0.189. The predicted octanol–water partition coefficient (Wildman–Crippen LogP) is 3.14. The van der Waals surface area contributed by atoms with E-state index in [0.29, 0.717) is 11.8 Å². The Labute approximate surface area is 75.1 Å². The zero-order valence-corrected chi connectivity index (χ0v) is 8.17. The van der Waals surface area contributed by atoms with Crippen LogP contribution in [0.5, 0.6) is 0 Å². The first kappa shape index (κ1) is 9.32. The summed E-state index contributed by atoms with van der Waals surface area (Å²) in [7, 11) is 0. The van der Waals surface area contributed by atoms with Crippen LogP contribution in [0.4, 0.5) is 0 Å². The highest BCUT2D eigenvalue weighted by Crippen LogP contribution is 2.34. The highest BCUT2D eigenvalue weighted by molar-refractivity contribution is 5.14. The van der Waals surface area contributed by atoms with Gasteiger partial charge >= 0.3 is 0 Å². The zero-order valence-electron chi connectivity index (χ0n) is 8.17. The van der Waals surface area contributed by atoms with Crippen LogP contribution in [-0.4, -0.2) is 0 Å². The third-order valence-corrected chi connectivity index (χ3v) is 2.82. The summed E-state index contributed by atoms with van der Waals surface area (Å²) in [6.45, 7) is 6.49. The van der Waals surface area contributed by atoms with Crippen LogP contribution in [0.25, 0.3) is 0 Å². The van der Waals surface area contributed by atoms with Crippen LogP contribution in [0.15, 0.2) is 12.2 Å². The highest BCUT2D eigenvalue weighted by atomic mass is 14.4. The highest BCUT2D eigenvalue weighted by Gasteiger charge is 2.26. The van der Waals surface area contributed by atoms with Crippen LogP contribution in [0, 0.1) is 28.6 Å². The molecule has 0 saturated heterocycles. The Morgan fingerprint density at radius 3 is 2.58 bits per heavy atom. The normalized spacial score (nSPS) is 35.1. The molecule has 0 amide bonds. The lowest BCUT2D eigenvalue weighted by atomic mass is 9.75. The molecule has 0 aromatic carbocycles. The number of hydrogen-bond acceptors (Lipinski definition) is 1. The van der Waals surface area contributed by atoms with Crippen molar-refractivity contribution in [2.24, 2.45) is 17.3 Å². The van der Waals surface area contributed by atoms with Crippen molar-refractivity contribution < 1.29 is 0 Å². The van der Waals surface area contributed by atoms with Crippen LogP contribution in [0.1, 0.15) is 33.6 Å². The van der Waals surface area contributed by atoms with Gasteiger partial charge in [-0.25, -0.2) is 0 Å². The van der Waals surface area contributed by atoms with Gasteiger partial charge in [0.05, 0.1) is 11.5 Å². The standard InChI is InChI=1S/C11H17N/c1-9(2)10-4-6-11(3,8-12)7-5-10/h4,6,9-10H,5,7H2,1-3H3. The monoisotopic (exact) mass is 163 g/mol. The summed E-state index contributed by atoms with van der Waals surface area (Å²) in [5, 5.41) is 8.87. The van der Waals surface area contributed by atoms with Gasteiger partial charge < -0.3 is 0 Å². The molecule has 0 radical (unpaired) electrons. The maximum atomic E-state index is 8.87. The molecule has 0 N–H and O–H groups in total. The van der Waals surface area contributed by atoms with E-state index in [9.17, 15) is 0 Å². The van der Waals surface area contributed by atoms with Crippen LogP contribution < -0.4 is 0 Å². The smallest absolute Gasteiger partial charge is 0.0728 e. The lowest BCUT2D eigenvalue weighted by molar-refractivity contribution is 0.347. The van der Waals surface area contributed by atoms with Gasteiger partial charge in [0, 0.05) is 0 Å². The van der Waals surface area contributed by atoms with Gasteiger partial charge in [0.1, 0.15) is 0 Å². The van der Waals surface area contributed by atoms with Crippen LogP contribution in [-0.2, 0) is 0 Å². The van der Waals surface area contributed by atoms with E-state index in [1.54, 1.807) is 0 Å². The number of hydrogen-bond donors (Lipinski definition) is 0. The molecule has 0 fully saturated rings. The molecule has 0 aromatic heterocycles. The van der Waals surface area contributed by atoms with E-state index in [1.807, 2.05) is 6.92 Å². The zero-order chi connectivity index (χ0) is 9.19. The molecule has 0 heterocycles. The second-order valence-electron chi connectivity index (χ2n) is 4.33. The lowest BCUT2D eigenvalue weighted by Crippen LogP contribution is -2.19. The van der Waals surface area contributed by atoms with Crippen LogP contribution in [0.2, 0.25) is 0 Å². The van der Waals surface area contributed by atoms with Crippen molar-refractivity contribution in [1.82, 2.24) is 0 Å². The molecule has 2 unspecified atom stereocenters. The SMILES string of the molecule is CC(C)C1C=CC(C)(C#N)CC1. The van der Waals surface area contributed by atoms with Crippen molar-refractivity contribution in [2.75, 3.05) is 0 Å². The quantitative estimate of drug-likeness (QED) is 0.545. The van der Waals surface area contributed by atoms with Crippen molar-refractivity contribution >= 4 is 0 Å². The Morgan fingerprint density at radius 2 is 2.25 bits per heavy atom. The largest absolute Gasteiger partial charge is 0.197 e. The molecule has 66 valence electrons. The number of allylic oxidation sites excluding steroid dienone is 2. The summed E-state index contributed by atoms with van der Waals surface area (Å²) in [4.78, 5) is 0. The van der Waals surface area contributed by atoms with E-state index in [-0.39, 0.29) is 5.41 Å². The Morgan fingerprint density at radius 1 is 1.58 bits per heavy atom. The first-order chi connectivity index (χ1) is 5.57. The summed E-state index contributed by atoms with van der Waals surface area (Å²) in [6, 6.07) is 2.35. The average Bonchev–Trinajstić information content (AvgIpc) is 2.05. The second-order valence-corrected chi connectivity index (χ2v) is 4.33. The van der Waals surface area contributed by atoms with Gasteiger partial charge in [-0.15, -0.1) is 0 Å². The summed E-state index contributed by atoms with van der Waals surface area (Å²) in [5.41, 5.74) is -0.189. The van der Waals surface area contributed by atoms with Gasteiger partial charge in [0.15, 0.2) is 0 Å². The maximum absolute atomic E-state index is 8.87. The third-order valence-electron chi connectivity index (χ3n) is 2.82. The van der Waals surface area contributed by atoms with Gasteiger partial charge in [0.25, 0.3) is 0 Å². The molecule has 12 heavy (non-hydrogen) atoms. The van der Waals surface area contributed by atoms with Crippen molar-refractivity contribution in [3.63, 3.8) is 0 Å². The van der Waals surface area contributed by atoms with E-state index in [0.717, 1.165) is 12.8 Å². The van der Waals surface area contributed by atoms with Gasteiger partial charge in [-0.3, -0.25) is 0 Å². The number of nitrogens with zero attached hydrogens (tertiary/aromatic N) is 1. The van der Waals surface area contributed by atoms with Gasteiger partial charge in [-0.2, -0.15) is 5.26 Å². The summed E-state index contributed by atoms with van der Waals surface area (Å²) in [6.07, 6.45) is 6.49. The van der Waals surface area contributed by atoms with E-state index in [2.05, 4.69) is 32.1 Å². The van der Waals surface area contributed by atoms with Crippen molar-refractivity contribution in [1.29, 1.82) is 5.26 Å². The maximum Gasteiger partial charge on any atom is 0.0728 e. The Bertz CT molecular complexity index is 222. The van der Waals surface area contributed by atoms with Crippen LogP contribution >= 0.6 is 0 Å². The predicted molar refractivity (Wildman–Crippen MR) is 50.4 cm³/mol. The molecule has 0 saturated carbocycles. The first-order valence-electron chi connectivity index (χ1n) is 4.68. The summed E-state index contributed by atoms with van der Waals surface area (Å²) >= 11 is 0. The average molecular weight is 163 g/mol. The van der Waals surface area contributed by atoms with Crippen molar-refractivity contribution in [3.8, 4) is 6.07 Å². The first-order valence-corrected chi connectivity index (χ1v) is 4.68. The molecule has 0 spiro atoms. The van der Waals surface area contributed by atoms with Gasteiger partial charge in [0.2, 0.25) is 0 Å². The van der Waals surface area contributed by atoms with E-state index in [1.165, 1.54) is 0 Å². The Hall–Kier alpha value is -0.770. The fraction of sp³-hybridized carbons (Fsp3) is 0.727. The topological polar surface area (TPSA) is 23.8 Å². The third kappa shape index (κ3) is 1.88. The molecule has 2 atom stereocenters. The lowest BCUT2D eigenvalue weighted by Gasteiger charge is -2.28. The minimum Gasteiger partial charge on any atom is -0.197 e. The number of rotatable bonds is 1. The van der Waals surface area contributed by atoms with E-state index in [4.69, 9.17) is 5.26 Å². The molecule has 1 heteroatoms. The fourth-order valence-electron chi connectivity index (χ4n) is 1.63. The molecule has 0 aliphatic heterocycles. The molecule has 1 rings (SSSR count). The van der Waals surface area contributed by atoms with Crippen molar-refractivity contribution in [2.45, 2.75) is 33.6 Å². The molecular formula is C11H17N. The van der Waals surface area contributed by atoms with Gasteiger partial charge in [-0.05, 0) is 31.6 Å². The minimum absolute atomic E-state index is 0.189. The van der Waals surface area contributed by atoms with Crippen molar-refractivity contribution in [3.05, 3.63) is 12.2 Å². The molecule has 1 aliphatic carbocycles. The number of nitriles is 1. The van der Waals surface area contributed by atoms with E-state index < -0.39 is 0 Å². The summed E-state index contributed by atoms with van der Waals surface area (Å²) in [5.74, 6) is 1.40. The van der Waals surface area contributed by atoms with Crippen LogP contribution in [0.3, 0.4) is 0 Å². The second kappa shape index (κ2) is 3.31. The Kier molecular flexibility index (Phi) is 2.57. The van der Waals surface area contributed by atoms with E-state index >= 15 is 0 Å². The molecule has 0 aromatic rings. The Balaban J connectivity index is 2.66. The molecular weight excluding hydrogens is 146 g/mol. The molecule has 0 bridgehead atoms. The molecule has 1 nitrogen and oxygen atoms in total. The fourth-order valence-corrected chi connectivity index (χ4v) is 1.63. The molecule has 1 aliphatic rings. The summed E-state index contributed by atoms with van der Waals surface area (Å²) < 4.78 is 0.